The van der Waals surface area contributed by atoms with Crippen LogP contribution in [0.15, 0.2) is 35.0 Å². The van der Waals surface area contributed by atoms with Gasteiger partial charge in [-0.05, 0) is 19.1 Å². The summed E-state index contributed by atoms with van der Waals surface area (Å²) in [6, 6.07) is 4.68. The fraction of sp³-hybridized carbons (Fsp3) is 0.211. The van der Waals surface area contributed by atoms with Gasteiger partial charge in [0.05, 0.1) is 23.8 Å². The monoisotopic (exact) mass is 407 g/mol. The van der Waals surface area contributed by atoms with E-state index in [0.29, 0.717) is 37.9 Å². The Hall–Kier alpha value is -2.57. The summed E-state index contributed by atoms with van der Waals surface area (Å²) in [5, 5.41) is 1.06. The number of halogens is 2. The quantitative estimate of drug-likeness (QED) is 0.433. The fourth-order valence-electron chi connectivity index (χ4n) is 2.67. The average molecular weight is 408 g/mol. The predicted molar refractivity (Wildman–Crippen MR) is 101 cm³/mol. The molecule has 0 spiro atoms. The van der Waals surface area contributed by atoms with Gasteiger partial charge in [0.2, 0.25) is 5.76 Å². The van der Waals surface area contributed by atoms with E-state index in [1.807, 2.05) is 0 Å². The van der Waals surface area contributed by atoms with Gasteiger partial charge >= 0.3 is 5.97 Å². The number of aromatic nitrogens is 1. The Labute approximate surface area is 165 Å². The molecule has 0 saturated carbocycles. The lowest BCUT2D eigenvalue weighted by molar-refractivity contribution is 0.0492. The Balaban J connectivity index is 2.05. The van der Waals surface area contributed by atoms with Gasteiger partial charge in [-0.15, -0.1) is 0 Å². The number of furan rings is 1. The summed E-state index contributed by atoms with van der Waals surface area (Å²) in [6.07, 6.45) is 2.83. The first-order valence-corrected chi connectivity index (χ1v) is 8.80. The molecule has 0 aliphatic heterocycles. The van der Waals surface area contributed by atoms with Gasteiger partial charge in [0.25, 0.3) is 0 Å². The minimum absolute atomic E-state index is 0.00891. The van der Waals surface area contributed by atoms with Crippen molar-refractivity contribution in [2.24, 2.45) is 0 Å². The lowest BCUT2D eigenvalue weighted by Gasteiger charge is -2.08. The van der Waals surface area contributed by atoms with Crippen LogP contribution in [0.1, 0.15) is 33.4 Å². The molecule has 0 fully saturated rings. The molecule has 0 radical (unpaired) electrons. The number of carbonyl (C=O) groups is 2. The topological polar surface area (TPSA) is 78.6 Å². The van der Waals surface area contributed by atoms with Crippen molar-refractivity contribution in [1.29, 1.82) is 0 Å². The van der Waals surface area contributed by atoms with Crippen molar-refractivity contribution < 1.29 is 23.5 Å². The molecular weight excluding hydrogens is 393 g/mol. The lowest BCUT2D eigenvalue weighted by Crippen LogP contribution is -2.06. The molecule has 0 N–H and O–H groups in total. The molecule has 0 aliphatic rings. The maximum atomic E-state index is 12.9. The number of esters is 1. The molecular formula is C19H15Cl2NO5. The van der Waals surface area contributed by atoms with Crippen LogP contribution in [0.3, 0.4) is 0 Å². The first-order chi connectivity index (χ1) is 13.0. The minimum atomic E-state index is -0.616. The van der Waals surface area contributed by atoms with Crippen LogP contribution in [0.5, 0.6) is 5.75 Å². The third-order valence-electron chi connectivity index (χ3n) is 3.93. The van der Waals surface area contributed by atoms with E-state index >= 15 is 0 Å². The summed E-state index contributed by atoms with van der Waals surface area (Å²) in [5.74, 6) is -0.467. The molecule has 27 heavy (non-hydrogen) atoms. The molecule has 3 rings (SSSR count). The molecule has 0 aliphatic carbocycles. The number of nitrogens with zero attached hydrogens (tertiary/aromatic N) is 1. The van der Waals surface area contributed by atoms with Gasteiger partial charge in [-0.1, -0.05) is 23.2 Å². The Morgan fingerprint density at radius 2 is 1.89 bits per heavy atom. The smallest absolute Gasteiger partial charge is 0.374 e. The van der Waals surface area contributed by atoms with Gasteiger partial charge in [0.1, 0.15) is 0 Å². The number of ketones is 1. The molecule has 6 nitrogen and oxygen atoms in total. The molecule has 0 unspecified atom stereocenters. The first kappa shape index (κ1) is 19.2. The normalized spacial score (nSPS) is 10.8. The molecule has 0 amide bonds. The van der Waals surface area contributed by atoms with Crippen molar-refractivity contribution in [2.45, 2.75) is 13.3 Å². The number of Topliss-reactive ketones (excluding diaryl/α,β-unsaturated/α-hetero) is 1. The number of methoxy groups -OCH3 is 1. The Morgan fingerprint density at radius 1 is 1.19 bits per heavy atom. The number of ether oxygens (including phenoxy) is 2. The molecule has 3 aromatic rings. The molecule has 2 heterocycles. The number of hydrogen-bond donors (Lipinski definition) is 0. The van der Waals surface area contributed by atoms with Crippen molar-refractivity contribution >= 4 is 45.9 Å². The molecule has 0 saturated heterocycles. The van der Waals surface area contributed by atoms with Crippen LogP contribution in [0.2, 0.25) is 10.0 Å². The zero-order valence-corrected chi connectivity index (χ0v) is 16.1. The zero-order valence-electron chi connectivity index (χ0n) is 14.5. The van der Waals surface area contributed by atoms with Gasteiger partial charge < -0.3 is 13.9 Å². The summed E-state index contributed by atoms with van der Waals surface area (Å²) in [5.41, 5.74) is 1.13. The molecule has 2 aromatic heterocycles. The highest BCUT2D eigenvalue weighted by Crippen LogP contribution is 2.33. The minimum Gasteiger partial charge on any atom is -0.493 e. The second kappa shape index (κ2) is 7.98. The Kier molecular flexibility index (Phi) is 5.68. The maximum absolute atomic E-state index is 12.9. The molecule has 1 aromatic carbocycles. The van der Waals surface area contributed by atoms with Gasteiger partial charge in [-0.2, -0.15) is 0 Å². The van der Waals surface area contributed by atoms with Crippen LogP contribution in [0, 0.1) is 0 Å². The maximum Gasteiger partial charge on any atom is 0.374 e. The van der Waals surface area contributed by atoms with Crippen LogP contribution in [0.4, 0.5) is 0 Å². The van der Waals surface area contributed by atoms with Crippen molar-refractivity contribution in [3.8, 4) is 5.75 Å². The number of pyridine rings is 1. The standard InChI is InChI=1S/C19H15Cl2NO5/c1-3-26-19(24)17-7-11-10(4-5-16(25-2)18(11)27-17)15(23)6-12-13(20)8-22-9-14(12)21/h4-5,7-9H,3,6H2,1-2H3. The van der Waals surface area contributed by atoms with Gasteiger partial charge in [0, 0.05) is 41.4 Å². The summed E-state index contributed by atoms with van der Waals surface area (Å²) < 4.78 is 15.8. The highest BCUT2D eigenvalue weighted by atomic mass is 35.5. The Morgan fingerprint density at radius 3 is 2.52 bits per heavy atom. The van der Waals surface area contributed by atoms with Crippen molar-refractivity contribution in [1.82, 2.24) is 4.98 Å². The van der Waals surface area contributed by atoms with Crippen LogP contribution >= 0.6 is 23.2 Å². The SMILES string of the molecule is CCOC(=O)c1cc2c(C(=O)Cc3c(Cl)cncc3Cl)ccc(OC)c2o1. The molecule has 140 valence electrons. The van der Waals surface area contributed by atoms with Gasteiger partial charge in [0.15, 0.2) is 17.1 Å². The Bertz CT molecular complexity index is 1010. The fourth-order valence-corrected chi connectivity index (χ4v) is 3.17. The van der Waals surface area contributed by atoms with Gasteiger partial charge in [-0.3, -0.25) is 9.78 Å². The summed E-state index contributed by atoms with van der Waals surface area (Å²) >= 11 is 12.2. The molecule has 0 bridgehead atoms. The van der Waals surface area contributed by atoms with E-state index in [1.165, 1.54) is 25.6 Å². The van der Waals surface area contributed by atoms with Crippen molar-refractivity contribution in [3.63, 3.8) is 0 Å². The molecule has 8 heteroatoms. The zero-order chi connectivity index (χ0) is 19.6. The average Bonchev–Trinajstić information content (AvgIpc) is 3.09. The van der Waals surface area contributed by atoms with Crippen molar-refractivity contribution in [3.05, 3.63) is 57.5 Å². The van der Waals surface area contributed by atoms with Crippen LogP contribution in [0.25, 0.3) is 11.0 Å². The van der Waals surface area contributed by atoms with Crippen molar-refractivity contribution in [2.75, 3.05) is 13.7 Å². The summed E-state index contributed by atoms with van der Waals surface area (Å²) in [4.78, 5) is 28.8. The van der Waals surface area contributed by atoms with E-state index < -0.39 is 5.97 Å². The number of benzene rings is 1. The third kappa shape index (κ3) is 3.77. The summed E-state index contributed by atoms with van der Waals surface area (Å²) in [6.45, 7) is 1.90. The second-order valence-corrected chi connectivity index (χ2v) is 6.39. The van der Waals surface area contributed by atoms with Crippen LogP contribution < -0.4 is 4.74 Å². The van der Waals surface area contributed by atoms with Crippen LogP contribution in [-0.4, -0.2) is 30.5 Å². The number of fused-ring (bicyclic) bond motifs is 1. The molecule has 0 atom stereocenters. The second-order valence-electron chi connectivity index (χ2n) is 5.57. The predicted octanol–water partition coefficient (Wildman–Crippen LogP) is 4.75. The largest absolute Gasteiger partial charge is 0.493 e. The first-order valence-electron chi connectivity index (χ1n) is 8.05. The van der Waals surface area contributed by atoms with E-state index in [1.54, 1.807) is 19.1 Å². The van der Waals surface area contributed by atoms with E-state index in [9.17, 15) is 9.59 Å². The van der Waals surface area contributed by atoms with Crippen LogP contribution in [-0.2, 0) is 11.2 Å². The number of hydrogen-bond acceptors (Lipinski definition) is 6. The third-order valence-corrected chi connectivity index (χ3v) is 4.59. The lowest BCUT2D eigenvalue weighted by atomic mass is 10.00. The van der Waals surface area contributed by atoms with E-state index in [2.05, 4.69) is 4.98 Å². The number of carbonyl (C=O) groups excluding carboxylic acids is 2. The van der Waals surface area contributed by atoms with E-state index in [4.69, 9.17) is 37.1 Å². The van der Waals surface area contributed by atoms with E-state index in [-0.39, 0.29) is 24.6 Å². The van der Waals surface area contributed by atoms with E-state index in [0.717, 1.165) is 0 Å². The van der Waals surface area contributed by atoms with Gasteiger partial charge in [-0.25, -0.2) is 4.79 Å². The highest BCUT2D eigenvalue weighted by molar-refractivity contribution is 6.36. The summed E-state index contributed by atoms with van der Waals surface area (Å²) in [7, 11) is 1.47. The highest BCUT2D eigenvalue weighted by Gasteiger charge is 2.22. The number of rotatable bonds is 6.